The molecule has 0 amide bonds. The maximum Gasteiger partial charge on any atom is 0.140 e. The average molecular weight is 288 g/mol. The molecule has 0 N–H and O–H groups in total. The lowest BCUT2D eigenvalue weighted by Gasteiger charge is -2.05. The van der Waals surface area contributed by atoms with Crippen LogP contribution < -0.4 is 4.74 Å². The van der Waals surface area contributed by atoms with E-state index in [1.807, 2.05) is 18.2 Å². The fourth-order valence-corrected chi connectivity index (χ4v) is 2.56. The zero-order valence-corrected chi connectivity index (χ0v) is 12.4. The molecule has 2 rings (SSSR count). The summed E-state index contributed by atoms with van der Waals surface area (Å²) < 4.78 is 10.8. The van der Waals surface area contributed by atoms with E-state index in [1.165, 1.54) is 16.9 Å². The van der Waals surface area contributed by atoms with Crippen LogP contribution in [0.1, 0.15) is 28.1 Å². The fourth-order valence-electron chi connectivity index (χ4n) is 1.78. The van der Waals surface area contributed by atoms with Crippen LogP contribution >= 0.6 is 11.3 Å². The summed E-state index contributed by atoms with van der Waals surface area (Å²) in [6.07, 6.45) is 0.977. The van der Waals surface area contributed by atoms with Crippen LogP contribution in [-0.2, 0) is 24.4 Å². The number of nitrogens with zero attached hydrogens (tertiary/aromatic N) is 2. The molecule has 0 atom stereocenters. The molecule has 4 nitrogen and oxygen atoms in total. The van der Waals surface area contributed by atoms with E-state index in [0.717, 1.165) is 17.2 Å². The van der Waals surface area contributed by atoms with Crippen LogP contribution in [0.15, 0.2) is 24.3 Å². The van der Waals surface area contributed by atoms with Crippen LogP contribution in [0.4, 0.5) is 0 Å². The molecule has 1 aromatic heterocycles. The van der Waals surface area contributed by atoms with E-state index >= 15 is 0 Å². The number of aromatic nitrogens is 1. The van der Waals surface area contributed by atoms with Crippen LogP contribution in [-0.4, -0.2) is 12.1 Å². The van der Waals surface area contributed by atoms with Crippen molar-refractivity contribution in [2.45, 2.75) is 26.6 Å². The molecular weight excluding hydrogens is 272 g/mol. The smallest absolute Gasteiger partial charge is 0.140 e. The largest absolute Gasteiger partial charge is 0.486 e. The predicted octanol–water partition coefficient (Wildman–Crippen LogP) is 3.30. The molecule has 104 valence electrons. The standard InChI is InChI=1S/C15H16N2O2S/c1-3-11-5-4-6-12(7-11)19-10-15-17-13(9-18-2)14(8-16)20-15/h4-7H,3,9-10H2,1-2H3. The summed E-state index contributed by atoms with van der Waals surface area (Å²) in [4.78, 5) is 4.96. The van der Waals surface area contributed by atoms with Gasteiger partial charge in [-0.3, -0.25) is 0 Å². The van der Waals surface area contributed by atoms with Crippen molar-refractivity contribution < 1.29 is 9.47 Å². The highest BCUT2D eigenvalue weighted by atomic mass is 32.1. The first-order chi connectivity index (χ1) is 9.76. The van der Waals surface area contributed by atoms with Gasteiger partial charge in [-0.15, -0.1) is 11.3 Å². The molecule has 20 heavy (non-hydrogen) atoms. The number of benzene rings is 1. The predicted molar refractivity (Wildman–Crippen MR) is 77.7 cm³/mol. The minimum atomic E-state index is 0.352. The van der Waals surface area contributed by atoms with Gasteiger partial charge in [-0.1, -0.05) is 19.1 Å². The van der Waals surface area contributed by atoms with E-state index in [1.54, 1.807) is 7.11 Å². The van der Waals surface area contributed by atoms with Crippen LogP contribution in [0.5, 0.6) is 5.75 Å². The Kier molecular flexibility index (Phi) is 5.10. The summed E-state index contributed by atoms with van der Waals surface area (Å²) in [6.45, 7) is 2.83. The topological polar surface area (TPSA) is 55.1 Å². The molecule has 0 aliphatic carbocycles. The minimum absolute atomic E-state index is 0.352. The Labute approximate surface area is 122 Å². The summed E-state index contributed by atoms with van der Waals surface area (Å²) in [5.74, 6) is 0.825. The van der Waals surface area contributed by atoms with E-state index in [-0.39, 0.29) is 0 Å². The Morgan fingerprint density at radius 2 is 2.20 bits per heavy atom. The molecule has 1 aromatic carbocycles. The first kappa shape index (κ1) is 14.5. The quantitative estimate of drug-likeness (QED) is 0.818. The van der Waals surface area contributed by atoms with E-state index in [9.17, 15) is 0 Å². The highest BCUT2D eigenvalue weighted by Gasteiger charge is 2.11. The van der Waals surface area contributed by atoms with Gasteiger partial charge in [0.25, 0.3) is 0 Å². The molecular formula is C15H16N2O2S. The zero-order chi connectivity index (χ0) is 14.4. The van der Waals surface area contributed by atoms with Crippen molar-refractivity contribution in [1.82, 2.24) is 4.98 Å². The van der Waals surface area contributed by atoms with Gasteiger partial charge in [0, 0.05) is 7.11 Å². The number of thiazole rings is 1. The molecule has 0 aliphatic heterocycles. The number of hydrogen-bond donors (Lipinski definition) is 0. The maximum atomic E-state index is 9.04. The summed E-state index contributed by atoms with van der Waals surface area (Å²) in [7, 11) is 1.59. The summed E-state index contributed by atoms with van der Waals surface area (Å²) in [6, 6.07) is 10.1. The molecule has 0 saturated heterocycles. The number of hydrogen-bond acceptors (Lipinski definition) is 5. The summed E-state index contributed by atoms with van der Waals surface area (Å²) >= 11 is 1.35. The normalized spacial score (nSPS) is 10.2. The minimum Gasteiger partial charge on any atom is -0.486 e. The molecule has 0 aliphatic rings. The van der Waals surface area contributed by atoms with Crippen LogP contribution in [0, 0.1) is 11.3 Å². The number of nitriles is 1. The second-order valence-corrected chi connectivity index (χ2v) is 5.30. The van der Waals surface area contributed by atoms with Crippen molar-refractivity contribution in [2.24, 2.45) is 0 Å². The van der Waals surface area contributed by atoms with E-state index < -0.39 is 0 Å². The molecule has 0 spiro atoms. The molecule has 0 radical (unpaired) electrons. The van der Waals surface area contributed by atoms with Gasteiger partial charge in [0.1, 0.15) is 28.3 Å². The maximum absolute atomic E-state index is 9.04. The number of aryl methyl sites for hydroxylation is 1. The lowest BCUT2D eigenvalue weighted by Crippen LogP contribution is -1.96. The van der Waals surface area contributed by atoms with Crippen molar-refractivity contribution >= 4 is 11.3 Å². The second kappa shape index (κ2) is 7.04. The van der Waals surface area contributed by atoms with Crippen molar-refractivity contribution in [3.8, 4) is 11.8 Å². The van der Waals surface area contributed by atoms with Gasteiger partial charge in [-0.25, -0.2) is 4.98 Å². The third-order valence-corrected chi connectivity index (χ3v) is 3.77. The monoisotopic (exact) mass is 288 g/mol. The van der Waals surface area contributed by atoms with Crippen molar-refractivity contribution in [2.75, 3.05) is 7.11 Å². The number of ether oxygens (including phenoxy) is 2. The molecule has 0 saturated carbocycles. The lowest BCUT2D eigenvalue weighted by molar-refractivity contribution is 0.181. The van der Waals surface area contributed by atoms with Crippen LogP contribution in [0.2, 0.25) is 0 Å². The van der Waals surface area contributed by atoms with Crippen LogP contribution in [0.3, 0.4) is 0 Å². The SMILES string of the molecule is CCc1cccc(OCc2nc(COC)c(C#N)s2)c1. The van der Waals surface area contributed by atoms with Crippen molar-refractivity contribution in [3.63, 3.8) is 0 Å². The van der Waals surface area contributed by atoms with Gasteiger partial charge >= 0.3 is 0 Å². The molecule has 0 fully saturated rings. The van der Waals surface area contributed by atoms with E-state index in [4.69, 9.17) is 14.7 Å². The van der Waals surface area contributed by atoms with Gasteiger partial charge in [0.15, 0.2) is 0 Å². The Morgan fingerprint density at radius 3 is 2.90 bits per heavy atom. The number of methoxy groups -OCH3 is 1. The van der Waals surface area contributed by atoms with Crippen molar-refractivity contribution in [3.05, 3.63) is 45.4 Å². The van der Waals surface area contributed by atoms with Crippen LogP contribution in [0.25, 0.3) is 0 Å². The van der Waals surface area contributed by atoms with Gasteiger partial charge < -0.3 is 9.47 Å². The molecule has 2 aromatic rings. The van der Waals surface area contributed by atoms with Gasteiger partial charge in [-0.05, 0) is 24.1 Å². The average Bonchev–Trinajstić information content (AvgIpc) is 2.88. The third-order valence-electron chi connectivity index (χ3n) is 2.79. The fraction of sp³-hybridized carbons (Fsp3) is 0.333. The van der Waals surface area contributed by atoms with E-state index in [0.29, 0.717) is 23.8 Å². The highest BCUT2D eigenvalue weighted by molar-refractivity contribution is 7.12. The Morgan fingerprint density at radius 1 is 1.35 bits per heavy atom. The molecule has 0 unspecified atom stereocenters. The lowest BCUT2D eigenvalue weighted by atomic mass is 10.2. The van der Waals surface area contributed by atoms with Gasteiger partial charge in [0.2, 0.25) is 0 Å². The molecule has 0 bridgehead atoms. The van der Waals surface area contributed by atoms with Gasteiger partial charge in [0.05, 0.1) is 12.3 Å². The third kappa shape index (κ3) is 3.56. The van der Waals surface area contributed by atoms with Crippen molar-refractivity contribution in [1.29, 1.82) is 5.26 Å². The van der Waals surface area contributed by atoms with Gasteiger partial charge in [-0.2, -0.15) is 5.26 Å². The Balaban J connectivity index is 2.05. The van der Waals surface area contributed by atoms with E-state index in [2.05, 4.69) is 24.0 Å². The Hall–Kier alpha value is -1.90. The summed E-state index contributed by atoms with van der Waals surface area (Å²) in [5.41, 5.74) is 1.92. The Bertz CT molecular complexity index is 617. The summed E-state index contributed by atoms with van der Waals surface area (Å²) in [5, 5.41) is 9.82. The first-order valence-electron chi connectivity index (χ1n) is 6.36. The first-order valence-corrected chi connectivity index (χ1v) is 7.17. The molecule has 5 heteroatoms. The highest BCUT2D eigenvalue weighted by Crippen LogP contribution is 2.21. The zero-order valence-electron chi connectivity index (χ0n) is 11.5. The number of rotatable bonds is 6. The molecule has 1 heterocycles. The second-order valence-electron chi connectivity index (χ2n) is 4.22.